The molecule has 0 saturated carbocycles. The third kappa shape index (κ3) is 7.37. The first-order valence-electron chi connectivity index (χ1n) is 14.1. The SMILES string of the molecule is CCCCC(=O)c1ccc(OC(C)(C)CCN2CCN(c3cc(=O)n(C(C)C)c(=O)n3C(C)C)CC2)cc1. The maximum absolute atomic E-state index is 13.1. The van der Waals surface area contributed by atoms with E-state index in [9.17, 15) is 14.4 Å². The fourth-order valence-corrected chi connectivity index (χ4v) is 4.95. The summed E-state index contributed by atoms with van der Waals surface area (Å²) in [6, 6.07) is 8.90. The summed E-state index contributed by atoms with van der Waals surface area (Å²) in [7, 11) is 0. The molecule has 0 unspecified atom stereocenters. The molecule has 210 valence electrons. The van der Waals surface area contributed by atoms with Crippen molar-refractivity contribution in [3.05, 3.63) is 56.7 Å². The molecule has 8 heteroatoms. The highest BCUT2D eigenvalue weighted by Gasteiger charge is 2.26. The maximum atomic E-state index is 13.1. The molecular weight excluding hydrogens is 480 g/mol. The zero-order chi connectivity index (χ0) is 28.0. The van der Waals surface area contributed by atoms with Crippen molar-refractivity contribution < 1.29 is 9.53 Å². The summed E-state index contributed by atoms with van der Waals surface area (Å²) >= 11 is 0. The first kappa shape index (κ1) is 29.7. The van der Waals surface area contributed by atoms with E-state index in [1.165, 1.54) is 4.57 Å². The molecule has 1 aliphatic rings. The predicted molar refractivity (Wildman–Crippen MR) is 154 cm³/mol. The van der Waals surface area contributed by atoms with E-state index in [1.807, 2.05) is 52.0 Å². The van der Waals surface area contributed by atoms with Gasteiger partial charge in [0.05, 0.1) is 0 Å². The molecule has 1 fully saturated rings. The quantitative estimate of drug-likeness (QED) is 0.366. The summed E-state index contributed by atoms with van der Waals surface area (Å²) in [5.41, 5.74) is -0.0932. The molecule has 1 aromatic carbocycles. The van der Waals surface area contributed by atoms with Gasteiger partial charge in [0.2, 0.25) is 0 Å². The second-order valence-corrected chi connectivity index (χ2v) is 11.5. The van der Waals surface area contributed by atoms with Crippen LogP contribution in [-0.4, -0.2) is 58.1 Å². The monoisotopic (exact) mass is 526 g/mol. The van der Waals surface area contributed by atoms with Gasteiger partial charge >= 0.3 is 5.69 Å². The van der Waals surface area contributed by atoms with Crippen LogP contribution in [0.4, 0.5) is 5.82 Å². The number of nitrogens with zero attached hydrogens (tertiary/aromatic N) is 4. The lowest BCUT2D eigenvalue weighted by atomic mass is 10.0. The van der Waals surface area contributed by atoms with Gasteiger partial charge in [-0.25, -0.2) is 4.79 Å². The maximum Gasteiger partial charge on any atom is 0.333 e. The van der Waals surface area contributed by atoms with Crippen molar-refractivity contribution in [3.63, 3.8) is 0 Å². The summed E-state index contributed by atoms with van der Waals surface area (Å²) < 4.78 is 9.35. The molecule has 38 heavy (non-hydrogen) atoms. The first-order chi connectivity index (χ1) is 17.9. The highest BCUT2D eigenvalue weighted by atomic mass is 16.5. The van der Waals surface area contributed by atoms with Crippen LogP contribution in [0.1, 0.15) is 96.6 Å². The number of anilines is 1. The Morgan fingerprint density at radius 2 is 1.55 bits per heavy atom. The molecule has 0 bridgehead atoms. The van der Waals surface area contributed by atoms with Gasteiger partial charge in [0.25, 0.3) is 5.56 Å². The number of hydrogen-bond acceptors (Lipinski definition) is 6. The molecule has 0 spiro atoms. The third-order valence-electron chi connectivity index (χ3n) is 7.24. The van der Waals surface area contributed by atoms with E-state index in [1.54, 1.807) is 10.6 Å². The number of carbonyl (C=O) groups is 1. The summed E-state index contributed by atoms with van der Waals surface area (Å²) in [5.74, 6) is 1.67. The number of piperazine rings is 1. The number of ether oxygens (including phenoxy) is 1. The Kier molecular flexibility index (Phi) is 9.99. The standard InChI is InChI=1S/C30H46N4O4/c1-8-9-10-26(35)24-11-13-25(14-12-24)38-30(6,7)15-16-31-17-19-32(20-18-31)27-21-28(36)34(23(4)5)29(37)33(27)22(2)3/h11-14,21-23H,8-10,15-20H2,1-7H3. The molecule has 0 radical (unpaired) electrons. The van der Waals surface area contributed by atoms with Crippen LogP contribution >= 0.6 is 0 Å². The van der Waals surface area contributed by atoms with E-state index in [-0.39, 0.29) is 34.7 Å². The Balaban J connectivity index is 1.57. The summed E-state index contributed by atoms with van der Waals surface area (Å²) in [6.45, 7) is 18.1. The summed E-state index contributed by atoms with van der Waals surface area (Å²) in [6.07, 6.45) is 3.37. The van der Waals surface area contributed by atoms with Crippen LogP contribution in [0.15, 0.2) is 39.9 Å². The minimum Gasteiger partial charge on any atom is -0.488 e. The van der Waals surface area contributed by atoms with Gasteiger partial charge in [-0.3, -0.25) is 23.6 Å². The van der Waals surface area contributed by atoms with Gasteiger partial charge in [0.1, 0.15) is 17.2 Å². The molecular formula is C30H46N4O4. The average molecular weight is 527 g/mol. The van der Waals surface area contributed by atoms with E-state index in [0.29, 0.717) is 12.2 Å². The number of ketones is 1. The number of Topliss-reactive ketones (excluding diaryl/α,β-unsaturated/α-hetero) is 1. The van der Waals surface area contributed by atoms with Crippen molar-refractivity contribution in [2.75, 3.05) is 37.6 Å². The fraction of sp³-hybridized carbons (Fsp3) is 0.633. The Morgan fingerprint density at radius 1 is 0.947 bits per heavy atom. The van der Waals surface area contributed by atoms with Crippen LogP contribution < -0.4 is 20.9 Å². The molecule has 8 nitrogen and oxygen atoms in total. The largest absolute Gasteiger partial charge is 0.488 e. The van der Waals surface area contributed by atoms with E-state index in [0.717, 1.165) is 63.3 Å². The van der Waals surface area contributed by atoms with Crippen molar-refractivity contribution in [1.82, 2.24) is 14.0 Å². The highest BCUT2D eigenvalue weighted by molar-refractivity contribution is 5.96. The van der Waals surface area contributed by atoms with Crippen LogP contribution in [0, 0.1) is 0 Å². The minimum atomic E-state index is -0.357. The van der Waals surface area contributed by atoms with Gasteiger partial charge in [-0.05, 0) is 78.6 Å². The Bertz CT molecular complexity index is 1190. The molecule has 0 amide bonds. The third-order valence-corrected chi connectivity index (χ3v) is 7.24. The van der Waals surface area contributed by atoms with Crippen LogP contribution in [0.5, 0.6) is 5.75 Å². The Labute approximate surface area is 227 Å². The van der Waals surface area contributed by atoms with Gasteiger partial charge in [0.15, 0.2) is 5.78 Å². The molecule has 1 aromatic heterocycles. The van der Waals surface area contributed by atoms with Crippen LogP contribution in [-0.2, 0) is 0 Å². The van der Waals surface area contributed by atoms with E-state index in [4.69, 9.17) is 4.74 Å². The van der Waals surface area contributed by atoms with Crippen molar-refractivity contribution >= 4 is 11.6 Å². The number of aromatic nitrogens is 2. The van der Waals surface area contributed by atoms with Crippen LogP contribution in [0.3, 0.4) is 0 Å². The highest BCUT2D eigenvalue weighted by Crippen LogP contribution is 2.24. The Hall–Kier alpha value is -2.87. The van der Waals surface area contributed by atoms with Crippen molar-refractivity contribution in [3.8, 4) is 5.75 Å². The topological polar surface area (TPSA) is 76.8 Å². The van der Waals surface area contributed by atoms with E-state index >= 15 is 0 Å². The van der Waals surface area contributed by atoms with Gasteiger partial charge in [-0.15, -0.1) is 0 Å². The van der Waals surface area contributed by atoms with E-state index in [2.05, 4.69) is 30.6 Å². The van der Waals surface area contributed by atoms with Crippen molar-refractivity contribution in [2.24, 2.45) is 0 Å². The number of benzene rings is 1. The second-order valence-electron chi connectivity index (χ2n) is 11.5. The average Bonchev–Trinajstić information content (AvgIpc) is 2.85. The molecule has 3 rings (SSSR count). The lowest BCUT2D eigenvalue weighted by Gasteiger charge is -2.38. The number of unbranched alkanes of at least 4 members (excludes halogenated alkanes) is 1. The predicted octanol–water partition coefficient (Wildman–Crippen LogP) is 4.91. The van der Waals surface area contributed by atoms with Gasteiger partial charge < -0.3 is 9.64 Å². The zero-order valence-electron chi connectivity index (χ0n) is 24.3. The van der Waals surface area contributed by atoms with Gasteiger partial charge in [-0.2, -0.15) is 0 Å². The molecule has 1 aliphatic heterocycles. The van der Waals surface area contributed by atoms with Gasteiger partial charge in [0, 0.05) is 62.9 Å². The zero-order valence-corrected chi connectivity index (χ0v) is 24.3. The number of hydrogen-bond donors (Lipinski definition) is 0. The summed E-state index contributed by atoms with van der Waals surface area (Å²) in [4.78, 5) is 42.6. The molecule has 0 atom stereocenters. The molecule has 2 aromatic rings. The number of rotatable bonds is 12. The lowest BCUT2D eigenvalue weighted by molar-refractivity contribution is 0.0820. The fourth-order valence-electron chi connectivity index (χ4n) is 4.95. The molecule has 2 heterocycles. The Morgan fingerprint density at radius 3 is 2.11 bits per heavy atom. The van der Waals surface area contributed by atoms with Crippen LogP contribution in [0.25, 0.3) is 0 Å². The van der Waals surface area contributed by atoms with E-state index < -0.39 is 0 Å². The smallest absolute Gasteiger partial charge is 0.333 e. The van der Waals surface area contributed by atoms with Crippen molar-refractivity contribution in [1.29, 1.82) is 0 Å². The lowest BCUT2D eigenvalue weighted by Crippen LogP contribution is -2.51. The van der Waals surface area contributed by atoms with Gasteiger partial charge in [-0.1, -0.05) is 13.3 Å². The second kappa shape index (κ2) is 12.8. The number of carbonyl (C=O) groups excluding carboxylic acids is 1. The normalized spacial score (nSPS) is 14.9. The molecule has 1 saturated heterocycles. The molecule has 0 aliphatic carbocycles. The van der Waals surface area contributed by atoms with Crippen molar-refractivity contribution in [2.45, 2.75) is 91.8 Å². The minimum absolute atomic E-state index is 0.0393. The van der Waals surface area contributed by atoms with Crippen LogP contribution in [0.2, 0.25) is 0 Å². The summed E-state index contributed by atoms with van der Waals surface area (Å²) in [5, 5.41) is 0. The first-order valence-corrected chi connectivity index (χ1v) is 14.1. The molecule has 0 N–H and O–H groups in total.